The van der Waals surface area contributed by atoms with Gasteiger partial charge >= 0.3 is 0 Å². The highest BCUT2D eigenvalue weighted by Gasteiger charge is 2.42. The van der Waals surface area contributed by atoms with E-state index in [0.717, 1.165) is 11.6 Å². The molecule has 3 aromatic rings. The summed E-state index contributed by atoms with van der Waals surface area (Å²) in [6, 6.07) is 16.0. The van der Waals surface area contributed by atoms with Gasteiger partial charge in [-0.05, 0) is 38.2 Å². The minimum absolute atomic E-state index is 0.0453. The summed E-state index contributed by atoms with van der Waals surface area (Å²) in [6.07, 6.45) is 1.07. The monoisotopic (exact) mass is 581 g/mol. The van der Waals surface area contributed by atoms with Gasteiger partial charge in [-0.1, -0.05) is 48.5 Å². The maximum Gasteiger partial charge on any atom is 0.275 e. The summed E-state index contributed by atoms with van der Waals surface area (Å²) >= 11 is 1.23. The Kier molecular flexibility index (Phi) is 8.63. The number of alkyl halides is 2. The van der Waals surface area contributed by atoms with Gasteiger partial charge in [-0.25, -0.2) is 13.8 Å². The molecule has 2 N–H and O–H groups in total. The highest BCUT2D eigenvalue weighted by molar-refractivity contribution is 7.17. The number of carbonyl (C=O) groups is 2. The standard InChI is InChI=1S/C31H33F2N3O4S/c1-20-28(41-29(34-20)22-7-3-2-4-8-22)30(40)36-17-14-31(32,33)24(23-9-5-6-10-25(23)36)19-27(39)35-15-11-21(12-16-35)26(38)13-18-37/h2-10,19,21,26,37-38H,11-18H2,1H3/b24-19-. The van der Waals surface area contributed by atoms with E-state index in [1.165, 1.54) is 27.2 Å². The van der Waals surface area contributed by atoms with Gasteiger partial charge in [0.25, 0.3) is 11.8 Å². The van der Waals surface area contributed by atoms with Crippen LogP contribution in [0.5, 0.6) is 0 Å². The van der Waals surface area contributed by atoms with Crippen LogP contribution in [-0.2, 0) is 4.79 Å². The van der Waals surface area contributed by atoms with E-state index in [1.54, 1.807) is 25.1 Å². The summed E-state index contributed by atoms with van der Waals surface area (Å²) < 4.78 is 31.4. The van der Waals surface area contributed by atoms with E-state index in [-0.39, 0.29) is 31.1 Å². The molecule has 3 heterocycles. The third-order valence-corrected chi connectivity index (χ3v) is 9.07. The highest BCUT2D eigenvalue weighted by Crippen LogP contribution is 2.44. The number of nitrogens with zero attached hydrogens (tertiary/aromatic N) is 3. The number of allylic oxidation sites excluding steroid dienone is 1. The van der Waals surface area contributed by atoms with E-state index in [4.69, 9.17) is 5.11 Å². The van der Waals surface area contributed by atoms with Gasteiger partial charge < -0.3 is 20.0 Å². The number of aliphatic hydroxyl groups excluding tert-OH is 2. The smallest absolute Gasteiger partial charge is 0.275 e. The Labute approximate surface area is 241 Å². The van der Waals surface area contributed by atoms with Crippen molar-refractivity contribution in [2.45, 2.75) is 44.6 Å². The van der Waals surface area contributed by atoms with Crippen LogP contribution in [0.3, 0.4) is 0 Å². The molecular weight excluding hydrogens is 548 g/mol. The van der Waals surface area contributed by atoms with Gasteiger partial charge in [-0.15, -0.1) is 11.3 Å². The molecule has 216 valence electrons. The lowest BCUT2D eigenvalue weighted by atomic mass is 9.89. The van der Waals surface area contributed by atoms with Crippen LogP contribution in [-0.4, -0.2) is 70.2 Å². The first kappa shape index (κ1) is 29.0. The van der Waals surface area contributed by atoms with E-state index in [1.807, 2.05) is 30.3 Å². The average Bonchev–Trinajstić information content (AvgIpc) is 3.33. The molecule has 1 atom stereocenters. The predicted octanol–water partition coefficient (Wildman–Crippen LogP) is 5.17. The lowest BCUT2D eigenvalue weighted by Crippen LogP contribution is -2.41. The van der Waals surface area contributed by atoms with Crippen LogP contribution in [0, 0.1) is 12.8 Å². The summed E-state index contributed by atoms with van der Waals surface area (Å²) in [5.41, 5.74) is 1.48. The van der Waals surface area contributed by atoms with Crippen molar-refractivity contribution in [3.63, 3.8) is 0 Å². The molecule has 2 amide bonds. The molecule has 10 heteroatoms. The van der Waals surface area contributed by atoms with Crippen LogP contribution < -0.4 is 4.90 Å². The second-order valence-electron chi connectivity index (χ2n) is 10.5. The number of likely N-dealkylation sites (tertiary alicyclic amines) is 1. The van der Waals surface area contributed by atoms with Crippen LogP contribution in [0.25, 0.3) is 16.1 Å². The molecule has 1 aromatic heterocycles. The van der Waals surface area contributed by atoms with Crippen LogP contribution in [0.2, 0.25) is 0 Å². The number of piperidine rings is 1. The number of fused-ring (bicyclic) bond motifs is 1. The first-order chi connectivity index (χ1) is 19.7. The van der Waals surface area contributed by atoms with Gasteiger partial charge in [0, 0.05) is 55.4 Å². The van der Waals surface area contributed by atoms with E-state index < -0.39 is 35.8 Å². The van der Waals surface area contributed by atoms with Crippen LogP contribution in [0.4, 0.5) is 14.5 Å². The number of amides is 2. The Morgan fingerprint density at radius 2 is 1.78 bits per heavy atom. The number of halogens is 2. The van der Waals surface area contributed by atoms with Gasteiger partial charge in [-0.2, -0.15) is 0 Å². The lowest BCUT2D eigenvalue weighted by molar-refractivity contribution is -0.128. The maximum absolute atomic E-state index is 15.7. The number of benzene rings is 2. The third-order valence-electron chi connectivity index (χ3n) is 7.87. The molecule has 1 unspecified atom stereocenters. The van der Waals surface area contributed by atoms with Crippen molar-refractivity contribution in [3.8, 4) is 10.6 Å². The second kappa shape index (κ2) is 12.2. The van der Waals surface area contributed by atoms with Crippen molar-refractivity contribution in [2.24, 2.45) is 5.92 Å². The molecule has 2 aromatic carbocycles. The molecule has 0 radical (unpaired) electrons. The fourth-order valence-corrected chi connectivity index (χ4v) is 6.57. The van der Waals surface area contributed by atoms with Crippen molar-refractivity contribution in [1.82, 2.24) is 9.88 Å². The fraction of sp³-hybridized carbons (Fsp3) is 0.387. The summed E-state index contributed by atoms with van der Waals surface area (Å²) in [4.78, 5) is 34.9. The van der Waals surface area contributed by atoms with Crippen LogP contribution >= 0.6 is 11.3 Å². The highest BCUT2D eigenvalue weighted by atomic mass is 32.1. The van der Waals surface area contributed by atoms with Gasteiger partial charge in [-0.3, -0.25) is 9.59 Å². The number of thiazole rings is 1. The molecule has 2 aliphatic heterocycles. The molecule has 0 spiro atoms. The predicted molar refractivity (Wildman–Crippen MR) is 155 cm³/mol. The summed E-state index contributed by atoms with van der Waals surface area (Å²) in [5, 5.41) is 20.0. The Morgan fingerprint density at radius 1 is 1.10 bits per heavy atom. The number of anilines is 1. The lowest BCUT2D eigenvalue weighted by Gasteiger charge is -2.34. The van der Waals surface area contributed by atoms with Crippen LogP contribution in [0.1, 0.15) is 46.6 Å². The minimum Gasteiger partial charge on any atom is -0.396 e. The summed E-state index contributed by atoms with van der Waals surface area (Å²) in [6.45, 7) is 2.08. The molecule has 7 nitrogen and oxygen atoms in total. The molecule has 0 aliphatic carbocycles. The Balaban J connectivity index is 1.43. The minimum atomic E-state index is -3.34. The number of para-hydroxylation sites is 1. The number of rotatable bonds is 6. The summed E-state index contributed by atoms with van der Waals surface area (Å²) in [5.74, 6) is -4.30. The molecule has 1 fully saturated rings. The van der Waals surface area contributed by atoms with Crippen molar-refractivity contribution < 1.29 is 28.6 Å². The Morgan fingerprint density at radius 3 is 2.49 bits per heavy atom. The van der Waals surface area contributed by atoms with Crippen molar-refractivity contribution >= 4 is 34.4 Å². The fourth-order valence-electron chi connectivity index (χ4n) is 5.54. The zero-order valence-corrected chi connectivity index (χ0v) is 23.6. The number of hydrogen-bond acceptors (Lipinski definition) is 6. The first-order valence-corrected chi connectivity index (χ1v) is 14.6. The average molecular weight is 582 g/mol. The second-order valence-corrected chi connectivity index (χ2v) is 11.5. The zero-order chi connectivity index (χ0) is 29.1. The SMILES string of the molecule is Cc1nc(-c2ccccc2)sc1C(=O)N1CCC(F)(F)/C(=C\C(=O)N2CCC(C(O)CCO)CC2)c2ccccc21. The number of carbonyl (C=O) groups excluding carboxylic acids is 2. The Bertz CT molecular complexity index is 1430. The third kappa shape index (κ3) is 6.10. The number of aliphatic hydroxyl groups is 2. The van der Waals surface area contributed by atoms with Crippen molar-refractivity contribution in [2.75, 3.05) is 31.1 Å². The maximum atomic E-state index is 15.7. The largest absolute Gasteiger partial charge is 0.396 e. The normalized spacial score (nSPS) is 19.1. The van der Waals surface area contributed by atoms with Gasteiger partial charge in [0.05, 0.1) is 17.5 Å². The van der Waals surface area contributed by atoms with Crippen molar-refractivity contribution in [3.05, 3.63) is 76.8 Å². The molecule has 41 heavy (non-hydrogen) atoms. The van der Waals surface area contributed by atoms with Gasteiger partial charge in [0.2, 0.25) is 5.91 Å². The van der Waals surface area contributed by atoms with E-state index in [0.29, 0.717) is 47.2 Å². The number of aryl methyl sites for hydroxylation is 1. The van der Waals surface area contributed by atoms with Gasteiger partial charge in [0.15, 0.2) is 0 Å². The molecular formula is C31H33F2N3O4S. The molecule has 2 aliphatic rings. The zero-order valence-electron chi connectivity index (χ0n) is 22.8. The van der Waals surface area contributed by atoms with E-state index in [9.17, 15) is 14.7 Å². The quantitative estimate of drug-likeness (QED) is 0.392. The first-order valence-electron chi connectivity index (χ1n) is 13.8. The van der Waals surface area contributed by atoms with Crippen LogP contribution in [0.15, 0.2) is 60.7 Å². The molecule has 1 saturated heterocycles. The Hall–Kier alpha value is -3.47. The number of aromatic nitrogens is 1. The number of hydrogen-bond donors (Lipinski definition) is 2. The summed E-state index contributed by atoms with van der Waals surface area (Å²) in [7, 11) is 0. The van der Waals surface area contributed by atoms with E-state index in [2.05, 4.69) is 4.98 Å². The van der Waals surface area contributed by atoms with Crippen molar-refractivity contribution in [1.29, 1.82) is 0 Å². The van der Waals surface area contributed by atoms with E-state index >= 15 is 8.78 Å². The topological polar surface area (TPSA) is 94.0 Å². The molecule has 5 rings (SSSR count). The molecule has 0 bridgehead atoms. The molecule has 0 saturated carbocycles. The van der Waals surface area contributed by atoms with Gasteiger partial charge in [0.1, 0.15) is 9.88 Å².